The molecule has 3 N–H and O–H groups in total. The third kappa shape index (κ3) is 2.36. The fourth-order valence-corrected chi connectivity index (χ4v) is 1.09. The molecule has 3 nitrogen and oxygen atoms in total. The van der Waals surface area contributed by atoms with Crippen LogP contribution in [0.25, 0.3) is 0 Å². The molecule has 1 rings (SSSR count). The molecule has 1 atom stereocenters. The van der Waals surface area contributed by atoms with Crippen LogP contribution < -0.4 is 11.1 Å². The van der Waals surface area contributed by atoms with Gasteiger partial charge in [0, 0.05) is 13.1 Å². The molecular weight excluding hydrogens is 152 g/mol. The van der Waals surface area contributed by atoms with Crippen LogP contribution in [0.5, 0.6) is 0 Å². The van der Waals surface area contributed by atoms with E-state index in [1.54, 1.807) is 0 Å². The van der Waals surface area contributed by atoms with Gasteiger partial charge in [-0.15, -0.1) is 0 Å². The van der Waals surface area contributed by atoms with Crippen molar-refractivity contribution < 1.29 is 4.42 Å². The predicted molar refractivity (Wildman–Crippen MR) is 48.9 cm³/mol. The first-order valence-corrected chi connectivity index (χ1v) is 4.24. The monoisotopic (exact) mass is 168 g/mol. The van der Waals surface area contributed by atoms with E-state index in [1.165, 1.54) is 0 Å². The van der Waals surface area contributed by atoms with E-state index in [0.29, 0.717) is 6.54 Å². The topological polar surface area (TPSA) is 51.2 Å². The van der Waals surface area contributed by atoms with E-state index in [9.17, 15) is 0 Å². The fraction of sp³-hybridized carbons (Fsp3) is 0.556. The molecule has 0 radical (unpaired) electrons. The lowest BCUT2D eigenvalue weighted by molar-refractivity contribution is 0.419. The lowest BCUT2D eigenvalue weighted by Crippen LogP contribution is -2.25. The molecule has 1 aromatic heterocycles. The maximum Gasteiger partial charge on any atom is 0.120 e. The van der Waals surface area contributed by atoms with E-state index in [0.717, 1.165) is 18.1 Å². The molecule has 0 bridgehead atoms. The van der Waals surface area contributed by atoms with E-state index in [2.05, 4.69) is 12.2 Å². The molecule has 0 aliphatic rings. The van der Waals surface area contributed by atoms with E-state index in [1.807, 2.05) is 19.1 Å². The van der Waals surface area contributed by atoms with Gasteiger partial charge in [-0.1, -0.05) is 0 Å². The summed E-state index contributed by atoms with van der Waals surface area (Å²) in [6.45, 7) is 5.48. The van der Waals surface area contributed by atoms with Gasteiger partial charge in [0.15, 0.2) is 0 Å². The van der Waals surface area contributed by atoms with Gasteiger partial charge in [-0.05, 0) is 26.0 Å². The van der Waals surface area contributed by atoms with Gasteiger partial charge in [0.05, 0.1) is 6.04 Å². The average Bonchev–Trinajstić information content (AvgIpc) is 2.47. The van der Waals surface area contributed by atoms with Crippen molar-refractivity contribution in [3.05, 3.63) is 23.7 Å². The zero-order chi connectivity index (χ0) is 8.97. The zero-order valence-electron chi connectivity index (χ0n) is 7.63. The molecular formula is C9H16N2O. The molecule has 68 valence electrons. The Hall–Kier alpha value is -0.800. The van der Waals surface area contributed by atoms with Crippen LogP contribution >= 0.6 is 0 Å². The summed E-state index contributed by atoms with van der Waals surface area (Å²) in [5.41, 5.74) is 5.37. The first-order valence-electron chi connectivity index (χ1n) is 4.24. The van der Waals surface area contributed by atoms with Crippen LogP contribution in [0.4, 0.5) is 0 Å². The summed E-state index contributed by atoms with van der Waals surface area (Å²) in [5, 5.41) is 3.24. The molecule has 1 unspecified atom stereocenters. The number of nitrogens with one attached hydrogen (secondary N) is 1. The van der Waals surface area contributed by atoms with Crippen molar-refractivity contribution in [3.8, 4) is 0 Å². The second kappa shape index (κ2) is 4.28. The highest BCUT2D eigenvalue weighted by Gasteiger charge is 2.06. The Morgan fingerprint density at radius 3 is 2.83 bits per heavy atom. The lowest BCUT2D eigenvalue weighted by atomic mass is 10.2. The molecule has 1 heterocycles. The highest BCUT2D eigenvalue weighted by Crippen LogP contribution is 2.14. The Kier molecular flexibility index (Phi) is 3.31. The molecule has 1 aromatic rings. The number of nitrogens with two attached hydrogens (primary N) is 1. The maximum atomic E-state index is 5.44. The van der Waals surface area contributed by atoms with Gasteiger partial charge in [0.25, 0.3) is 0 Å². The first-order chi connectivity index (χ1) is 5.74. The van der Waals surface area contributed by atoms with Crippen LogP contribution in [-0.2, 0) is 0 Å². The maximum absolute atomic E-state index is 5.44. The molecule has 3 heteroatoms. The minimum Gasteiger partial charge on any atom is -0.465 e. The Balaban J connectivity index is 2.47. The van der Waals surface area contributed by atoms with Crippen LogP contribution in [0.2, 0.25) is 0 Å². The van der Waals surface area contributed by atoms with Crippen molar-refractivity contribution >= 4 is 0 Å². The SMILES string of the molecule is Cc1ccc(C(C)NCCN)o1. The van der Waals surface area contributed by atoms with Crippen molar-refractivity contribution in [3.63, 3.8) is 0 Å². The van der Waals surface area contributed by atoms with Gasteiger partial charge >= 0.3 is 0 Å². The third-order valence-corrected chi connectivity index (χ3v) is 1.78. The molecule has 0 amide bonds. The third-order valence-electron chi connectivity index (χ3n) is 1.78. The minimum atomic E-state index is 0.252. The molecule has 0 saturated carbocycles. The summed E-state index contributed by atoms with van der Waals surface area (Å²) < 4.78 is 5.44. The smallest absolute Gasteiger partial charge is 0.120 e. The van der Waals surface area contributed by atoms with Gasteiger partial charge in [-0.2, -0.15) is 0 Å². The van der Waals surface area contributed by atoms with Gasteiger partial charge in [0.1, 0.15) is 11.5 Å². The van der Waals surface area contributed by atoms with Crippen molar-refractivity contribution in [2.24, 2.45) is 5.73 Å². The molecule has 0 aromatic carbocycles. The van der Waals surface area contributed by atoms with Crippen LogP contribution in [0, 0.1) is 6.92 Å². The molecule has 0 aliphatic carbocycles. The number of rotatable bonds is 4. The van der Waals surface area contributed by atoms with Crippen molar-refractivity contribution in [1.29, 1.82) is 0 Å². The summed E-state index contributed by atoms with van der Waals surface area (Å²) in [4.78, 5) is 0. The zero-order valence-corrected chi connectivity index (χ0v) is 7.63. The van der Waals surface area contributed by atoms with Gasteiger partial charge in [-0.25, -0.2) is 0 Å². The van der Waals surface area contributed by atoms with Gasteiger partial charge in [-0.3, -0.25) is 0 Å². The second-order valence-electron chi connectivity index (χ2n) is 2.91. The summed E-state index contributed by atoms with van der Waals surface area (Å²) in [5.74, 6) is 1.92. The lowest BCUT2D eigenvalue weighted by Gasteiger charge is -2.09. The van der Waals surface area contributed by atoms with Crippen molar-refractivity contribution in [1.82, 2.24) is 5.32 Å². The van der Waals surface area contributed by atoms with Crippen LogP contribution in [0.15, 0.2) is 16.5 Å². The van der Waals surface area contributed by atoms with Gasteiger partial charge in [0.2, 0.25) is 0 Å². The van der Waals surface area contributed by atoms with E-state index >= 15 is 0 Å². The Morgan fingerprint density at radius 2 is 2.33 bits per heavy atom. The highest BCUT2D eigenvalue weighted by molar-refractivity contribution is 5.08. The van der Waals surface area contributed by atoms with E-state index in [4.69, 9.17) is 10.2 Å². The van der Waals surface area contributed by atoms with Crippen molar-refractivity contribution in [2.45, 2.75) is 19.9 Å². The van der Waals surface area contributed by atoms with Gasteiger partial charge < -0.3 is 15.5 Å². The molecule has 0 saturated heterocycles. The molecule has 0 fully saturated rings. The number of aryl methyl sites for hydroxylation is 1. The minimum absolute atomic E-state index is 0.252. The normalized spacial score (nSPS) is 13.2. The Labute approximate surface area is 72.9 Å². The Morgan fingerprint density at radius 1 is 1.58 bits per heavy atom. The predicted octanol–water partition coefficient (Wildman–Crippen LogP) is 1.20. The summed E-state index contributed by atoms with van der Waals surface area (Å²) in [7, 11) is 0. The number of furan rings is 1. The average molecular weight is 168 g/mol. The molecule has 0 spiro atoms. The first kappa shape index (κ1) is 9.29. The molecule has 0 aliphatic heterocycles. The van der Waals surface area contributed by atoms with Crippen molar-refractivity contribution in [2.75, 3.05) is 13.1 Å². The second-order valence-corrected chi connectivity index (χ2v) is 2.91. The highest BCUT2D eigenvalue weighted by atomic mass is 16.3. The van der Waals surface area contributed by atoms with E-state index < -0.39 is 0 Å². The van der Waals surface area contributed by atoms with Crippen LogP contribution in [-0.4, -0.2) is 13.1 Å². The fourth-order valence-electron chi connectivity index (χ4n) is 1.09. The summed E-state index contributed by atoms with van der Waals surface area (Å²) in [6.07, 6.45) is 0. The number of hydrogen-bond donors (Lipinski definition) is 2. The van der Waals surface area contributed by atoms with Crippen LogP contribution in [0.1, 0.15) is 24.5 Å². The largest absolute Gasteiger partial charge is 0.465 e. The summed E-state index contributed by atoms with van der Waals surface area (Å²) in [6, 6.07) is 4.21. The summed E-state index contributed by atoms with van der Waals surface area (Å²) >= 11 is 0. The number of hydrogen-bond acceptors (Lipinski definition) is 3. The molecule has 12 heavy (non-hydrogen) atoms. The van der Waals surface area contributed by atoms with E-state index in [-0.39, 0.29) is 6.04 Å². The Bertz CT molecular complexity index is 232. The standard InChI is InChI=1S/C9H16N2O/c1-7-3-4-9(12-7)8(2)11-6-5-10/h3-4,8,11H,5-6,10H2,1-2H3. The quantitative estimate of drug-likeness (QED) is 0.710. The van der Waals surface area contributed by atoms with Crippen LogP contribution in [0.3, 0.4) is 0 Å².